The Morgan fingerprint density at radius 1 is 1.08 bits per heavy atom. The van der Waals surface area contributed by atoms with E-state index in [1.165, 1.54) is 17.7 Å². The van der Waals surface area contributed by atoms with Crippen molar-refractivity contribution in [1.29, 1.82) is 0 Å². The summed E-state index contributed by atoms with van der Waals surface area (Å²) in [4.78, 5) is 23.2. The van der Waals surface area contributed by atoms with Gasteiger partial charge in [0, 0.05) is 37.8 Å². The van der Waals surface area contributed by atoms with Crippen molar-refractivity contribution in [3.63, 3.8) is 0 Å². The number of methoxy groups -OCH3 is 1. The van der Waals surface area contributed by atoms with Crippen LogP contribution in [0.4, 0.5) is 14.7 Å². The number of hydrogen-bond acceptors (Lipinski definition) is 9. The van der Waals surface area contributed by atoms with Gasteiger partial charge in [-0.3, -0.25) is 0 Å². The summed E-state index contributed by atoms with van der Waals surface area (Å²) in [7, 11) is -1.80. The lowest BCUT2D eigenvalue weighted by Crippen LogP contribution is -2.38. The third-order valence-corrected chi connectivity index (χ3v) is 8.59. The van der Waals surface area contributed by atoms with Crippen molar-refractivity contribution >= 4 is 38.2 Å². The zero-order valence-electron chi connectivity index (χ0n) is 21.5. The number of piperidine rings is 1. The minimum absolute atomic E-state index is 0.00222. The summed E-state index contributed by atoms with van der Waals surface area (Å²) in [5, 5.41) is 0. The zero-order chi connectivity index (χ0) is 27.3. The monoisotopic (exact) mass is 562 g/mol. The molecule has 208 valence electrons. The van der Waals surface area contributed by atoms with Crippen LogP contribution in [0.1, 0.15) is 31.1 Å². The lowest BCUT2D eigenvalue weighted by Gasteiger charge is -2.31. The SMILES string of the molecule is COc1c(-c2nc(N3CCOCC3)nc3c2ncn3C2CCN(S(C)(=O)=O)CC2)ccc2[nH]c(C(F)F)nc12. The second kappa shape index (κ2) is 9.95. The Bertz CT molecular complexity index is 1630. The molecular formula is C24H28F2N8O4S. The Labute approximate surface area is 223 Å². The van der Waals surface area contributed by atoms with Gasteiger partial charge in [-0.25, -0.2) is 36.5 Å². The quantitative estimate of drug-likeness (QED) is 0.377. The Kier molecular flexibility index (Phi) is 6.59. The Morgan fingerprint density at radius 2 is 1.82 bits per heavy atom. The van der Waals surface area contributed by atoms with Crippen LogP contribution < -0.4 is 9.64 Å². The summed E-state index contributed by atoms with van der Waals surface area (Å²) in [5.41, 5.74) is 2.88. The van der Waals surface area contributed by atoms with Crippen LogP contribution in [0.5, 0.6) is 5.75 Å². The highest BCUT2D eigenvalue weighted by molar-refractivity contribution is 7.88. The van der Waals surface area contributed by atoms with Crippen LogP contribution >= 0.6 is 0 Å². The molecule has 15 heteroatoms. The molecular weight excluding hydrogens is 534 g/mol. The van der Waals surface area contributed by atoms with E-state index in [4.69, 9.17) is 19.4 Å². The fraction of sp³-hybridized carbons (Fsp3) is 0.500. The summed E-state index contributed by atoms with van der Waals surface area (Å²) in [5.74, 6) is 0.361. The molecule has 0 bridgehead atoms. The number of ether oxygens (including phenoxy) is 2. The zero-order valence-corrected chi connectivity index (χ0v) is 22.3. The number of aromatic nitrogens is 6. The lowest BCUT2D eigenvalue weighted by molar-refractivity contribution is 0.122. The third-order valence-electron chi connectivity index (χ3n) is 7.28. The van der Waals surface area contributed by atoms with Gasteiger partial charge in [0.15, 0.2) is 17.2 Å². The van der Waals surface area contributed by atoms with Crippen LogP contribution in [0.2, 0.25) is 0 Å². The molecule has 3 aromatic heterocycles. The number of benzene rings is 1. The fourth-order valence-electron chi connectivity index (χ4n) is 5.28. The normalized spacial score (nSPS) is 18.0. The van der Waals surface area contributed by atoms with Crippen molar-refractivity contribution < 1.29 is 26.7 Å². The first kappa shape index (κ1) is 25.8. The van der Waals surface area contributed by atoms with E-state index < -0.39 is 22.3 Å². The van der Waals surface area contributed by atoms with Crippen LogP contribution in [0, 0.1) is 0 Å². The molecule has 12 nitrogen and oxygen atoms in total. The van der Waals surface area contributed by atoms with Gasteiger partial charge in [-0.1, -0.05) is 0 Å². The maximum atomic E-state index is 13.4. The van der Waals surface area contributed by atoms with Crippen LogP contribution in [0.15, 0.2) is 18.5 Å². The molecule has 0 saturated carbocycles. The topological polar surface area (TPSA) is 131 Å². The van der Waals surface area contributed by atoms with E-state index in [1.54, 1.807) is 18.5 Å². The number of alkyl halides is 2. The maximum absolute atomic E-state index is 13.4. The van der Waals surface area contributed by atoms with Crippen LogP contribution in [0.25, 0.3) is 33.5 Å². The van der Waals surface area contributed by atoms with Crippen LogP contribution in [-0.2, 0) is 14.8 Å². The molecule has 2 aliphatic rings. The average Bonchev–Trinajstić information content (AvgIpc) is 3.57. The van der Waals surface area contributed by atoms with Crippen molar-refractivity contribution in [1.82, 2.24) is 33.8 Å². The minimum Gasteiger partial charge on any atom is -0.494 e. The van der Waals surface area contributed by atoms with Gasteiger partial charge < -0.3 is 23.9 Å². The second-order valence-electron chi connectivity index (χ2n) is 9.65. The molecule has 0 unspecified atom stereocenters. The van der Waals surface area contributed by atoms with E-state index in [0.29, 0.717) is 91.9 Å². The minimum atomic E-state index is -3.26. The number of hydrogen-bond donors (Lipinski definition) is 1. The number of H-pyrrole nitrogens is 1. The number of nitrogens with zero attached hydrogens (tertiary/aromatic N) is 7. The molecule has 2 aliphatic heterocycles. The average molecular weight is 563 g/mol. The number of nitrogens with one attached hydrogen (secondary N) is 1. The predicted molar refractivity (Wildman–Crippen MR) is 140 cm³/mol. The number of halogens is 2. The molecule has 0 amide bonds. The van der Waals surface area contributed by atoms with Gasteiger partial charge in [-0.15, -0.1) is 0 Å². The molecule has 5 heterocycles. The standard InChI is InChI=1S/C24H28F2N8O4S/c1-37-20-15(3-4-16-18(20)29-22(28-16)21(25)26)17-19-23(31-24(30-17)32-9-11-38-12-10-32)34(13-27-19)14-5-7-33(8-6-14)39(2,35)36/h3-4,13-14,21H,5-12H2,1-2H3,(H,28,29). The number of sulfonamides is 1. The number of imidazole rings is 2. The van der Waals surface area contributed by atoms with Crippen molar-refractivity contribution in [3.05, 3.63) is 24.3 Å². The first-order chi connectivity index (χ1) is 18.7. The molecule has 0 atom stereocenters. The molecule has 1 aromatic carbocycles. The first-order valence-corrected chi connectivity index (χ1v) is 14.5. The highest BCUT2D eigenvalue weighted by Crippen LogP contribution is 2.40. The summed E-state index contributed by atoms with van der Waals surface area (Å²) in [6.07, 6.45) is 1.41. The number of morpholine rings is 1. The largest absolute Gasteiger partial charge is 0.494 e. The number of rotatable bonds is 6. The summed E-state index contributed by atoms with van der Waals surface area (Å²) < 4.78 is 65.5. The van der Waals surface area contributed by atoms with Gasteiger partial charge in [0.2, 0.25) is 16.0 Å². The third kappa shape index (κ3) is 4.67. The molecule has 1 N–H and O–H groups in total. The van der Waals surface area contributed by atoms with E-state index in [9.17, 15) is 17.2 Å². The summed E-state index contributed by atoms with van der Waals surface area (Å²) in [6, 6.07) is 3.42. The van der Waals surface area contributed by atoms with E-state index in [2.05, 4.69) is 15.0 Å². The van der Waals surface area contributed by atoms with Crippen molar-refractivity contribution in [2.45, 2.75) is 25.3 Å². The molecule has 0 spiro atoms. The van der Waals surface area contributed by atoms with Crippen molar-refractivity contribution in [2.75, 3.05) is 57.7 Å². The van der Waals surface area contributed by atoms with Crippen LogP contribution in [0.3, 0.4) is 0 Å². The van der Waals surface area contributed by atoms with Gasteiger partial charge in [0.25, 0.3) is 6.43 Å². The summed E-state index contributed by atoms with van der Waals surface area (Å²) in [6.45, 7) is 3.12. The highest BCUT2D eigenvalue weighted by Gasteiger charge is 2.29. The lowest BCUT2D eigenvalue weighted by atomic mass is 10.1. The smallest absolute Gasteiger partial charge is 0.295 e. The molecule has 0 aliphatic carbocycles. The van der Waals surface area contributed by atoms with Gasteiger partial charge >= 0.3 is 0 Å². The van der Waals surface area contributed by atoms with Crippen LogP contribution in [-0.4, -0.2) is 95.0 Å². The Morgan fingerprint density at radius 3 is 2.49 bits per heavy atom. The van der Waals surface area contributed by atoms with Gasteiger partial charge in [0.05, 0.1) is 38.4 Å². The number of aromatic amines is 1. The van der Waals surface area contributed by atoms with Gasteiger partial charge in [-0.2, -0.15) is 4.98 Å². The molecule has 2 fully saturated rings. The van der Waals surface area contributed by atoms with Crippen molar-refractivity contribution in [3.8, 4) is 17.0 Å². The van der Waals surface area contributed by atoms with E-state index >= 15 is 0 Å². The van der Waals surface area contributed by atoms with E-state index in [0.717, 1.165) is 0 Å². The maximum Gasteiger partial charge on any atom is 0.295 e. The van der Waals surface area contributed by atoms with E-state index in [-0.39, 0.29) is 11.6 Å². The van der Waals surface area contributed by atoms with Gasteiger partial charge in [0.1, 0.15) is 16.7 Å². The van der Waals surface area contributed by atoms with Crippen molar-refractivity contribution in [2.24, 2.45) is 0 Å². The molecule has 2 saturated heterocycles. The fourth-order valence-corrected chi connectivity index (χ4v) is 6.16. The molecule has 0 radical (unpaired) electrons. The molecule has 39 heavy (non-hydrogen) atoms. The Hall–Kier alpha value is -3.43. The summed E-state index contributed by atoms with van der Waals surface area (Å²) >= 11 is 0. The number of anilines is 1. The molecule has 4 aromatic rings. The first-order valence-electron chi connectivity index (χ1n) is 12.6. The van der Waals surface area contributed by atoms with E-state index in [1.807, 2.05) is 9.47 Å². The molecule has 6 rings (SSSR count). The second-order valence-corrected chi connectivity index (χ2v) is 11.6. The highest BCUT2D eigenvalue weighted by atomic mass is 32.2. The number of fused-ring (bicyclic) bond motifs is 2. The Balaban J connectivity index is 1.49. The predicted octanol–water partition coefficient (Wildman–Crippen LogP) is 2.75. The van der Waals surface area contributed by atoms with Gasteiger partial charge in [-0.05, 0) is 25.0 Å².